The van der Waals surface area contributed by atoms with Crippen molar-refractivity contribution in [1.82, 2.24) is 5.32 Å². The third kappa shape index (κ3) is 5.53. The molecule has 0 saturated carbocycles. The quantitative estimate of drug-likeness (QED) is 0.500. The van der Waals surface area contributed by atoms with Crippen molar-refractivity contribution < 1.29 is 23.9 Å². The van der Waals surface area contributed by atoms with Gasteiger partial charge < -0.3 is 14.8 Å². The number of ether oxygens (including phenoxy) is 2. The summed E-state index contributed by atoms with van der Waals surface area (Å²) < 4.78 is 10.9. The summed E-state index contributed by atoms with van der Waals surface area (Å²) in [5.41, 5.74) is 0.980. The monoisotopic (exact) mass is 376 g/mol. The zero-order valence-corrected chi connectivity index (χ0v) is 16.2. The number of rotatable bonds is 10. The molecule has 27 heavy (non-hydrogen) atoms. The van der Waals surface area contributed by atoms with Gasteiger partial charge in [-0.25, -0.2) is 0 Å². The van der Waals surface area contributed by atoms with Crippen LogP contribution in [0.4, 0.5) is 5.69 Å². The summed E-state index contributed by atoms with van der Waals surface area (Å²) in [7, 11) is 0. The van der Waals surface area contributed by atoms with Gasteiger partial charge in [-0.3, -0.25) is 19.3 Å². The predicted octanol–water partition coefficient (Wildman–Crippen LogP) is 2.33. The first-order valence-corrected chi connectivity index (χ1v) is 9.47. The zero-order chi connectivity index (χ0) is 19.8. The number of hydrogen-bond donors (Lipinski definition) is 1. The lowest BCUT2D eigenvalue weighted by molar-refractivity contribution is -0.128. The van der Waals surface area contributed by atoms with Gasteiger partial charge in [0.15, 0.2) is 11.9 Å². The molecule has 1 aliphatic rings. The van der Waals surface area contributed by atoms with Crippen LogP contribution in [0.1, 0.15) is 50.4 Å². The predicted molar refractivity (Wildman–Crippen MR) is 102 cm³/mol. The van der Waals surface area contributed by atoms with Gasteiger partial charge in [0.05, 0.1) is 5.69 Å². The highest BCUT2D eigenvalue weighted by Gasteiger charge is 2.33. The fraction of sp³-hybridized carbons (Fsp3) is 0.550. The first-order valence-electron chi connectivity index (χ1n) is 9.47. The molecule has 148 valence electrons. The van der Waals surface area contributed by atoms with E-state index in [0.717, 1.165) is 6.42 Å². The van der Waals surface area contributed by atoms with Crippen molar-refractivity contribution in [3.05, 3.63) is 23.8 Å². The largest absolute Gasteiger partial charge is 0.479 e. The van der Waals surface area contributed by atoms with E-state index < -0.39 is 6.10 Å². The topological polar surface area (TPSA) is 84.9 Å². The third-order valence-corrected chi connectivity index (χ3v) is 4.26. The van der Waals surface area contributed by atoms with Gasteiger partial charge in [0.25, 0.3) is 5.91 Å². The Morgan fingerprint density at radius 3 is 2.78 bits per heavy atom. The van der Waals surface area contributed by atoms with Gasteiger partial charge in [-0.2, -0.15) is 0 Å². The fourth-order valence-electron chi connectivity index (χ4n) is 2.86. The maximum absolute atomic E-state index is 12.6. The molecule has 1 heterocycles. The lowest BCUT2D eigenvalue weighted by atomic mass is 10.0. The van der Waals surface area contributed by atoms with Crippen molar-refractivity contribution >= 4 is 23.3 Å². The Morgan fingerprint density at radius 1 is 1.30 bits per heavy atom. The van der Waals surface area contributed by atoms with E-state index in [4.69, 9.17) is 9.47 Å². The first-order chi connectivity index (χ1) is 13.0. The Labute approximate surface area is 160 Å². The number of carbonyl (C=O) groups is 3. The number of benzene rings is 1. The zero-order valence-electron chi connectivity index (χ0n) is 16.2. The molecule has 1 aromatic rings. The number of hydrogen-bond acceptors (Lipinski definition) is 5. The summed E-state index contributed by atoms with van der Waals surface area (Å²) >= 11 is 0. The molecule has 0 aliphatic carbocycles. The lowest BCUT2D eigenvalue weighted by Gasteiger charge is -2.32. The second-order valence-electron chi connectivity index (χ2n) is 6.44. The SMILES string of the molecule is CCCC(=O)c1ccc2c(c1)N(CC(=O)NCCCOCC)C(=O)C(C)O2. The molecular weight excluding hydrogens is 348 g/mol. The van der Waals surface area contributed by atoms with E-state index >= 15 is 0 Å². The normalized spacial score (nSPS) is 15.9. The summed E-state index contributed by atoms with van der Waals surface area (Å²) in [5, 5.41) is 2.79. The van der Waals surface area contributed by atoms with Gasteiger partial charge >= 0.3 is 0 Å². The van der Waals surface area contributed by atoms with Crippen molar-refractivity contribution in [2.24, 2.45) is 0 Å². The number of fused-ring (bicyclic) bond motifs is 1. The summed E-state index contributed by atoms with van der Waals surface area (Å²) in [6.45, 7) is 7.09. The van der Waals surface area contributed by atoms with Crippen molar-refractivity contribution in [2.45, 2.75) is 46.1 Å². The van der Waals surface area contributed by atoms with Crippen molar-refractivity contribution in [3.8, 4) is 5.75 Å². The minimum absolute atomic E-state index is 0.00620. The highest BCUT2D eigenvalue weighted by molar-refractivity contribution is 6.05. The molecule has 1 aliphatic heterocycles. The Balaban J connectivity index is 2.11. The van der Waals surface area contributed by atoms with E-state index in [-0.39, 0.29) is 24.1 Å². The van der Waals surface area contributed by atoms with Crippen LogP contribution < -0.4 is 15.0 Å². The van der Waals surface area contributed by atoms with Crippen LogP contribution in [0.3, 0.4) is 0 Å². The van der Waals surface area contributed by atoms with Crippen LogP contribution in [-0.4, -0.2) is 50.0 Å². The van der Waals surface area contributed by atoms with Crippen molar-refractivity contribution in [3.63, 3.8) is 0 Å². The molecule has 0 saturated heterocycles. The second-order valence-corrected chi connectivity index (χ2v) is 6.44. The van der Waals surface area contributed by atoms with Gasteiger partial charge in [-0.05, 0) is 44.9 Å². The molecule has 0 radical (unpaired) electrons. The maximum atomic E-state index is 12.6. The van der Waals surface area contributed by atoms with E-state index in [0.29, 0.717) is 49.6 Å². The van der Waals surface area contributed by atoms with E-state index in [9.17, 15) is 14.4 Å². The molecule has 0 bridgehead atoms. The van der Waals surface area contributed by atoms with Crippen LogP contribution in [0.5, 0.6) is 5.75 Å². The van der Waals surface area contributed by atoms with E-state index in [1.165, 1.54) is 4.90 Å². The molecule has 7 heteroatoms. The van der Waals surface area contributed by atoms with E-state index in [2.05, 4.69) is 5.32 Å². The molecule has 1 unspecified atom stereocenters. The van der Waals surface area contributed by atoms with Gasteiger partial charge in [0.2, 0.25) is 5.91 Å². The Kier molecular flexibility index (Phi) is 7.79. The summed E-state index contributed by atoms with van der Waals surface area (Å²) in [6, 6.07) is 5.03. The van der Waals surface area contributed by atoms with Crippen LogP contribution in [0, 0.1) is 0 Å². The average molecular weight is 376 g/mol. The molecule has 1 N–H and O–H groups in total. The average Bonchev–Trinajstić information content (AvgIpc) is 2.65. The van der Waals surface area contributed by atoms with Crippen LogP contribution in [0.15, 0.2) is 18.2 Å². The highest BCUT2D eigenvalue weighted by Crippen LogP contribution is 2.35. The molecule has 1 atom stereocenters. The first kappa shape index (κ1) is 20.9. The molecular formula is C20H28N2O5. The summed E-state index contributed by atoms with van der Waals surface area (Å²) in [5.74, 6) is -0.0526. The molecule has 1 aromatic carbocycles. The van der Waals surface area contributed by atoms with Crippen LogP contribution in [0.2, 0.25) is 0 Å². The van der Waals surface area contributed by atoms with Gasteiger partial charge in [0.1, 0.15) is 12.3 Å². The number of ketones is 1. The Bertz CT molecular complexity index is 689. The smallest absolute Gasteiger partial charge is 0.268 e. The number of Topliss-reactive ketones (excluding diaryl/α,β-unsaturated/α-hetero) is 1. The minimum atomic E-state index is -0.680. The number of nitrogens with zero attached hydrogens (tertiary/aromatic N) is 1. The highest BCUT2D eigenvalue weighted by atomic mass is 16.5. The minimum Gasteiger partial charge on any atom is -0.479 e. The third-order valence-electron chi connectivity index (χ3n) is 4.26. The molecule has 0 fully saturated rings. The Morgan fingerprint density at radius 2 is 2.07 bits per heavy atom. The summed E-state index contributed by atoms with van der Waals surface area (Å²) in [6.07, 6.45) is 1.21. The number of carbonyl (C=O) groups excluding carboxylic acids is 3. The summed E-state index contributed by atoms with van der Waals surface area (Å²) in [4.78, 5) is 38.4. The van der Waals surface area contributed by atoms with E-state index in [1.54, 1.807) is 25.1 Å². The van der Waals surface area contributed by atoms with E-state index in [1.807, 2.05) is 13.8 Å². The van der Waals surface area contributed by atoms with Gasteiger partial charge in [0, 0.05) is 31.7 Å². The van der Waals surface area contributed by atoms with Crippen molar-refractivity contribution in [2.75, 3.05) is 31.2 Å². The molecule has 0 aromatic heterocycles. The van der Waals surface area contributed by atoms with Crippen LogP contribution >= 0.6 is 0 Å². The molecule has 0 spiro atoms. The van der Waals surface area contributed by atoms with Gasteiger partial charge in [-0.1, -0.05) is 6.92 Å². The molecule has 7 nitrogen and oxygen atoms in total. The Hall–Kier alpha value is -2.41. The molecule has 2 rings (SSSR count). The lowest BCUT2D eigenvalue weighted by Crippen LogP contribution is -2.49. The number of nitrogens with one attached hydrogen (secondary N) is 1. The van der Waals surface area contributed by atoms with Gasteiger partial charge in [-0.15, -0.1) is 0 Å². The number of amides is 2. The van der Waals surface area contributed by atoms with Crippen molar-refractivity contribution in [1.29, 1.82) is 0 Å². The number of anilines is 1. The second kappa shape index (κ2) is 10.1. The standard InChI is InChI=1S/C20H28N2O5/c1-4-7-17(23)15-8-9-18-16(12-15)22(20(25)14(3)27-18)13-19(24)21-10-6-11-26-5-2/h8-9,12,14H,4-7,10-11,13H2,1-3H3,(H,21,24). The maximum Gasteiger partial charge on any atom is 0.268 e. The fourth-order valence-corrected chi connectivity index (χ4v) is 2.86. The molecule has 2 amide bonds. The van der Waals surface area contributed by atoms with Crippen LogP contribution in [-0.2, 0) is 14.3 Å². The van der Waals surface area contributed by atoms with Crippen LogP contribution in [0.25, 0.3) is 0 Å².